The monoisotopic (exact) mass is 490 g/mol. The Kier molecular flexibility index (Phi) is 7.38. The van der Waals surface area contributed by atoms with Gasteiger partial charge >= 0.3 is 0 Å². The molecule has 0 bridgehead atoms. The molecule has 0 aliphatic heterocycles. The number of anilines is 2. The number of nitrogen functional groups attached to an aromatic ring is 2. The molecule has 6 N–H and O–H groups in total. The van der Waals surface area contributed by atoms with Gasteiger partial charge in [-0.05, 0) is 36.1 Å². The molecule has 1 aromatic carbocycles. The van der Waals surface area contributed by atoms with Crippen LogP contribution >= 0.6 is 22.7 Å². The number of nitriles is 2. The summed E-state index contributed by atoms with van der Waals surface area (Å²) in [5.41, 5.74) is 19.4. The molecule has 0 spiro atoms. The lowest BCUT2D eigenvalue weighted by Crippen LogP contribution is -2.17. The van der Waals surface area contributed by atoms with Crippen LogP contribution < -0.4 is 22.3 Å². The third kappa shape index (κ3) is 5.10. The standard InChI is InChI=1S/C22H18N8O2S2/c1-11-15(7-23)19(25)33-17(11)21(31)29-27-9-13-3-5-14(6-4-13)10-28-30-22(32)18-12(2)16(8-24)20(26)34-18/h3-6,9-10H,25-26H2,1-2H3,(H,29,31)(H,30,32)/b27-9+,28-10+. The van der Waals surface area contributed by atoms with Gasteiger partial charge in [-0.3, -0.25) is 9.59 Å². The van der Waals surface area contributed by atoms with Crippen LogP contribution in [-0.2, 0) is 0 Å². The predicted octanol–water partition coefficient (Wildman–Crippen LogP) is 2.86. The summed E-state index contributed by atoms with van der Waals surface area (Å²) in [7, 11) is 0. The first-order valence-corrected chi connectivity index (χ1v) is 11.2. The van der Waals surface area contributed by atoms with E-state index in [0.717, 1.165) is 33.8 Å². The van der Waals surface area contributed by atoms with Crippen LogP contribution in [0.15, 0.2) is 34.5 Å². The highest BCUT2D eigenvalue weighted by Gasteiger charge is 2.19. The maximum Gasteiger partial charge on any atom is 0.281 e. The Morgan fingerprint density at radius 3 is 1.47 bits per heavy atom. The summed E-state index contributed by atoms with van der Waals surface area (Å²) < 4.78 is 0. The molecule has 2 amide bonds. The molecule has 0 aliphatic rings. The van der Waals surface area contributed by atoms with Gasteiger partial charge in [0.05, 0.1) is 23.6 Å². The third-order valence-electron chi connectivity index (χ3n) is 4.68. The van der Waals surface area contributed by atoms with Crippen molar-refractivity contribution < 1.29 is 9.59 Å². The highest BCUT2D eigenvalue weighted by molar-refractivity contribution is 7.18. The maximum absolute atomic E-state index is 12.3. The lowest BCUT2D eigenvalue weighted by Gasteiger charge is -1.99. The summed E-state index contributed by atoms with van der Waals surface area (Å²) in [6, 6.07) is 11.0. The lowest BCUT2D eigenvalue weighted by molar-refractivity contribution is 0.0950. The Labute approximate surface area is 202 Å². The summed E-state index contributed by atoms with van der Waals surface area (Å²) >= 11 is 2.08. The average molecular weight is 491 g/mol. The van der Waals surface area contributed by atoms with Gasteiger partial charge < -0.3 is 11.5 Å². The van der Waals surface area contributed by atoms with E-state index in [1.165, 1.54) is 12.4 Å². The molecule has 0 atom stereocenters. The number of thiophene rings is 2. The van der Waals surface area contributed by atoms with Gasteiger partial charge in [0, 0.05) is 0 Å². The molecule has 170 valence electrons. The summed E-state index contributed by atoms with van der Waals surface area (Å²) in [5.74, 6) is -0.896. The Hall–Kier alpha value is -4.52. The molecule has 10 nitrogen and oxygen atoms in total. The van der Waals surface area contributed by atoms with Crippen LogP contribution in [0, 0.1) is 36.5 Å². The van der Waals surface area contributed by atoms with Gasteiger partial charge in [-0.15, -0.1) is 22.7 Å². The lowest BCUT2D eigenvalue weighted by atomic mass is 10.1. The minimum atomic E-state index is -0.448. The number of hydrogen-bond acceptors (Lipinski definition) is 10. The fourth-order valence-electron chi connectivity index (χ4n) is 2.88. The number of nitrogens with two attached hydrogens (primary N) is 2. The van der Waals surface area contributed by atoms with Crippen molar-refractivity contribution in [3.63, 3.8) is 0 Å². The number of carbonyl (C=O) groups excluding carboxylic acids is 2. The van der Waals surface area contributed by atoms with E-state index in [0.29, 0.717) is 42.0 Å². The zero-order valence-electron chi connectivity index (χ0n) is 18.0. The third-order valence-corrected chi connectivity index (χ3v) is 6.92. The number of rotatable bonds is 6. The number of benzene rings is 1. The van der Waals surface area contributed by atoms with E-state index in [-0.39, 0.29) is 0 Å². The number of nitrogens with one attached hydrogen (secondary N) is 2. The summed E-state index contributed by atoms with van der Waals surface area (Å²) in [6.45, 7) is 3.32. The first-order valence-electron chi connectivity index (χ1n) is 9.61. The van der Waals surface area contributed by atoms with E-state index in [1.54, 1.807) is 38.1 Å². The van der Waals surface area contributed by atoms with Crippen LogP contribution in [0.5, 0.6) is 0 Å². The zero-order chi connectivity index (χ0) is 24.8. The van der Waals surface area contributed by atoms with E-state index < -0.39 is 11.8 Å². The molecule has 2 aromatic heterocycles. The molecule has 34 heavy (non-hydrogen) atoms. The molecule has 0 saturated heterocycles. The Morgan fingerprint density at radius 1 is 0.824 bits per heavy atom. The maximum atomic E-state index is 12.3. The fraction of sp³-hybridized carbons (Fsp3) is 0.0909. The fourth-order valence-corrected chi connectivity index (χ4v) is 4.71. The second-order valence-corrected chi connectivity index (χ2v) is 8.98. The van der Waals surface area contributed by atoms with Crippen LogP contribution in [0.1, 0.15) is 52.7 Å². The van der Waals surface area contributed by atoms with Crippen molar-refractivity contribution in [1.82, 2.24) is 10.9 Å². The molecule has 0 saturated carbocycles. The minimum Gasteiger partial charge on any atom is -0.389 e. The van der Waals surface area contributed by atoms with Crippen LogP contribution in [-0.4, -0.2) is 24.2 Å². The molecular formula is C22H18N8O2S2. The molecule has 3 aromatic rings. The second kappa shape index (κ2) is 10.4. The number of carbonyl (C=O) groups is 2. The number of nitrogens with zero attached hydrogens (tertiary/aromatic N) is 4. The smallest absolute Gasteiger partial charge is 0.281 e. The normalized spacial score (nSPS) is 10.8. The van der Waals surface area contributed by atoms with E-state index in [1.807, 2.05) is 12.1 Å². The Balaban J connectivity index is 1.57. The van der Waals surface area contributed by atoms with Crippen molar-refractivity contribution in [2.45, 2.75) is 13.8 Å². The summed E-state index contributed by atoms with van der Waals surface area (Å²) in [6.07, 6.45) is 2.93. The van der Waals surface area contributed by atoms with Gasteiger partial charge in [0.1, 0.15) is 31.9 Å². The number of hydrogen-bond donors (Lipinski definition) is 4. The van der Waals surface area contributed by atoms with Gasteiger partial charge in [0.15, 0.2) is 0 Å². The van der Waals surface area contributed by atoms with Crippen molar-refractivity contribution >= 4 is 56.9 Å². The van der Waals surface area contributed by atoms with E-state index in [2.05, 4.69) is 21.1 Å². The van der Waals surface area contributed by atoms with Gasteiger partial charge in [-0.25, -0.2) is 10.9 Å². The predicted molar refractivity (Wildman–Crippen MR) is 133 cm³/mol. The molecule has 3 rings (SSSR count). The van der Waals surface area contributed by atoms with Crippen LogP contribution in [0.3, 0.4) is 0 Å². The van der Waals surface area contributed by atoms with Crippen molar-refractivity contribution in [2.75, 3.05) is 11.5 Å². The zero-order valence-corrected chi connectivity index (χ0v) is 19.7. The highest BCUT2D eigenvalue weighted by Crippen LogP contribution is 2.30. The molecular weight excluding hydrogens is 472 g/mol. The van der Waals surface area contributed by atoms with E-state index in [4.69, 9.17) is 22.0 Å². The van der Waals surface area contributed by atoms with Crippen molar-refractivity contribution in [2.24, 2.45) is 10.2 Å². The summed E-state index contributed by atoms with van der Waals surface area (Å²) in [4.78, 5) is 25.2. The van der Waals surface area contributed by atoms with Gasteiger partial charge in [-0.1, -0.05) is 24.3 Å². The van der Waals surface area contributed by atoms with Crippen molar-refractivity contribution in [1.29, 1.82) is 10.5 Å². The van der Waals surface area contributed by atoms with Gasteiger partial charge in [0.25, 0.3) is 11.8 Å². The van der Waals surface area contributed by atoms with Crippen molar-refractivity contribution in [3.05, 3.63) is 67.4 Å². The number of hydrazone groups is 2. The second-order valence-electron chi connectivity index (χ2n) is 6.88. The largest absolute Gasteiger partial charge is 0.389 e. The van der Waals surface area contributed by atoms with Crippen LogP contribution in [0.4, 0.5) is 10.0 Å². The van der Waals surface area contributed by atoms with Gasteiger partial charge in [0.2, 0.25) is 0 Å². The quantitative estimate of drug-likeness (QED) is 0.304. The molecule has 0 aliphatic carbocycles. The first-order chi connectivity index (χ1) is 16.3. The Bertz CT molecular complexity index is 1300. The SMILES string of the molecule is Cc1c(C(=O)N/N=C/c2ccc(/C=N/NC(=O)c3sc(N)c(C#N)c3C)cc2)sc(N)c1C#N. The summed E-state index contributed by atoms with van der Waals surface area (Å²) in [5, 5.41) is 26.6. The highest BCUT2D eigenvalue weighted by atomic mass is 32.1. The first kappa shape index (κ1) is 24.1. The van der Waals surface area contributed by atoms with Crippen LogP contribution in [0.25, 0.3) is 0 Å². The average Bonchev–Trinajstić information content (AvgIpc) is 3.28. The molecule has 0 unspecified atom stereocenters. The van der Waals surface area contributed by atoms with Crippen molar-refractivity contribution in [3.8, 4) is 12.1 Å². The van der Waals surface area contributed by atoms with E-state index >= 15 is 0 Å². The van der Waals surface area contributed by atoms with Crippen LogP contribution in [0.2, 0.25) is 0 Å². The molecule has 2 heterocycles. The molecule has 12 heteroatoms. The minimum absolute atomic E-state index is 0.296. The van der Waals surface area contributed by atoms with E-state index in [9.17, 15) is 9.59 Å². The topological polar surface area (TPSA) is 183 Å². The molecule has 0 radical (unpaired) electrons. The molecule has 0 fully saturated rings. The number of amides is 2. The van der Waals surface area contributed by atoms with Gasteiger partial charge in [-0.2, -0.15) is 20.7 Å². The Morgan fingerprint density at radius 2 is 1.18 bits per heavy atom.